The van der Waals surface area contributed by atoms with E-state index in [1.165, 1.54) is 6.07 Å². The van der Waals surface area contributed by atoms with Crippen LogP contribution in [0.1, 0.15) is 44.8 Å². The number of benzene rings is 1. The highest BCUT2D eigenvalue weighted by molar-refractivity contribution is 7.90. The van der Waals surface area contributed by atoms with Crippen LogP contribution in [0.2, 0.25) is 0 Å². The third kappa shape index (κ3) is 4.41. The molecule has 6 nitrogen and oxygen atoms in total. The maximum atomic E-state index is 14.1. The van der Waals surface area contributed by atoms with E-state index in [0.29, 0.717) is 24.9 Å². The van der Waals surface area contributed by atoms with Gasteiger partial charge in [-0.2, -0.15) is 0 Å². The number of nitrogens with zero attached hydrogens (tertiary/aromatic N) is 1. The van der Waals surface area contributed by atoms with Gasteiger partial charge in [0.15, 0.2) is 0 Å². The third-order valence-electron chi connectivity index (χ3n) is 6.91. The molecule has 30 heavy (non-hydrogen) atoms. The van der Waals surface area contributed by atoms with Gasteiger partial charge in [0.05, 0.1) is 11.9 Å². The summed E-state index contributed by atoms with van der Waals surface area (Å²) in [4.78, 5) is 2.38. The lowest BCUT2D eigenvalue weighted by Gasteiger charge is -2.39. The molecule has 0 bridgehead atoms. The zero-order chi connectivity index (χ0) is 21.6. The van der Waals surface area contributed by atoms with Crippen LogP contribution in [0, 0.1) is 23.5 Å². The van der Waals surface area contributed by atoms with Crippen molar-refractivity contribution >= 4 is 10.0 Å². The Morgan fingerprint density at radius 3 is 2.43 bits per heavy atom. The van der Waals surface area contributed by atoms with Gasteiger partial charge in [0, 0.05) is 36.8 Å². The van der Waals surface area contributed by atoms with Crippen LogP contribution >= 0.6 is 0 Å². The highest BCUT2D eigenvalue weighted by Gasteiger charge is 2.45. The minimum atomic E-state index is -3.25. The second-order valence-corrected chi connectivity index (χ2v) is 11.6. The van der Waals surface area contributed by atoms with Gasteiger partial charge in [0.2, 0.25) is 10.0 Å². The van der Waals surface area contributed by atoms with Gasteiger partial charge >= 0.3 is 0 Å². The molecule has 5 atom stereocenters. The highest BCUT2D eigenvalue weighted by atomic mass is 32.2. The number of ether oxygens (including phenoxy) is 1. The molecule has 3 fully saturated rings. The van der Waals surface area contributed by atoms with Crippen molar-refractivity contribution in [2.24, 2.45) is 17.6 Å². The van der Waals surface area contributed by atoms with Gasteiger partial charge in [-0.3, -0.25) is 4.90 Å². The quantitative estimate of drug-likeness (QED) is 0.729. The summed E-state index contributed by atoms with van der Waals surface area (Å²) in [6.07, 6.45) is 1.71. The van der Waals surface area contributed by atoms with E-state index in [4.69, 9.17) is 10.5 Å². The second kappa shape index (κ2) is 8.43. The summed E-state index contributed by atoms with van der Waals surface area (Å²) in [5.74, 6) is -0.0841. The maximum absolute atomic E-state index is 14.1. The Morgan fingerprint density at radius 2 is 1.83 bits per heavy atom. The Labute approximate surface area is 177 Å². The first kappa shape index (κ1) is 22.1. The van der Waals surface area contributed by atoms with E-state index in [0.717, 1.165) is 38.1 Å². The van der Waals surface area contributed by atoms with Crippen LogP contribution in [-0.2, 0) is 14.8 Å². The third-order valence-corrected chi connectivity index (χ3v) is 8.82. The van der Waals surface area contributed by atoms with E-state index in [2.05, 4.69) is 9.62 Å². The molecule has 0 aromatic heterocycles. The van der Waals surface area contributed by atoms with Gasteiger partial charge < -0.3 is 10.5 Å². The van der Waals surface area contributed by atoms with E-state index in [1.54, 1.807) is 13.8 Å². The Morgan fingerprint density at radius 1 is 1.17 bits per heavy atom. The molecule has 2 unspecified atom stereocenters. The summed E-state index contributed by atoms with van der Waals surface area (Å²) in [5, 5.41) is -0.425. The van der Waals surface area contributed by atoms with Gasteiger partial charge in [0.1, 0.15) is 17.7 Å². The molecule has 3 aliphatic rings. The molecule has 1 aromatic carbocycles. The first-order valence-corrected chi connectivity index (χ1v) is 12.3. The molecule has 1 aromatic rings. The Hall–Kier alpha value is -1.13. The van der Waals surface area contributed by atoms with Gasteiger partial charge in [-0.05, 0) is 63.1 Å². The topological polar surface area (TPSA) is 84.7 Å². The van der Waals surface area contributed by atoms with E-state index in [1.807, 2.05) is 0 Å². The van der Waals surface area contributed by atoms with Crippen LogP contribution in [0.15, 0.2) is 18.2 Å². The number of likely N-dealkylation sites (tertiary alicyclic amines) is 1. The number of fused-ring (bicyclic) bond motifs is 1. The molecule has 1 saturated carbocycles. The van der Waals surface area contributed by atoms with E-state index >= 15 is 0 Å². The van der Waals surface area contributed by atoms with Crippen LogP contribution in [0.5, 0.6) is 0 Å². The highest BCUT2D eigenvalue weighted by Crippen LogP contribution is 2.41. The van der Waals surface area contributed by atoms with Crippen molar-refractivity contribution in [3.05, 3.63) is 35.4 Å². The molecule has 4 rings (SSSR count). The van der Waals surface area contributed by atoms with Crippen molar-refractivity contribution in [2.75, 3.05) is 19.7 Å². The summed E-state index contributed by atoms with van der Waals surface area (Å²) in [5.41, 5.74) is 6.49. The number of halogens is 2. The molecule has 0 spiro atoms. The van der Waals surface area contributed by atoms with E-state index in [-0.39, 0.29) is 17.6 Å². The fraction of sp³-hybridized carbons (Fsp3) is 0.714. The van der Waals surface area contributed by atoms with Crippen LogP contribution in [0.25, 0.3) is 0 Å². The summed E-state index contributed by atoms with van der Waals surface area (Å²) < 4.78 is 60.7. The SMILES string of the molecule is CC(C)S(=O)(=O)NC1CC2CN([C@H]3CO[C@H](c4cc(F)ccc4F)[C@@H](N)C3)CC2C1. The summed E-state index contributed by atoms with van der Waals surface area (Å²) >= 11 is 0. The summed E-state index contributed by atoms with van der Waals surface area (Å²) in [7, 11) is -3.25. The van der Waals surface area contributed by atoms with Crippen molar-refractivity contribution in [3.8, 4) is 0 Å². The predicted octanol–water partition coefficient (Wildman–Crippen LogP) is 2.16. The number of hydrogen-bond donors (Lipinski definition) is 2. The molecular weight excluding hydrogens is 412 g/mol. The minimum Gasteiger partial charge on any atom is -0.370 e. The summed E-state index contributed by atoms with van der Waals surface area (Å²) in [6, 6.07) is 3.11. The normalized spacial score (nSPS) is 35.1. The molecule has 1 aliphatic carbocycles. The molecule has 9 heteroatoms. The van der Waals surface area contributed by atoms with Crippen LogP contribution in [-0.4, -0.2) is 56.4 Å². The maximum Gasteiger partial charge on any atom is 0.214 e. The van der Waals surface area contributed by atoms with Crippen molar-refractivity contribution in [1.82, 2.24) is 9.62 Å². The van der Waals surface area contributed by atoms with Crippen molar-refractivity contribution < 1.29 is 21.9 Å². The van der Waals surface area contributed by atoms with Crippen molar-refractivity contribution in [3.63, 3.8) is 0 Å². The smallest absolute Gasteiger partial charge is 0.214 e. The monoisotopic (exact) mass is 443 g/mol. The first-order valence-electron chi connectivity index (χ1n) is 10.7. The average molecular weight is 444 g/mol. The largest absolute Gasteiger partial charge is 0.370 e. The van der Waals surface area contributed by atoms with Crippen LogP contribution < -0.4 is 10.5 Å². The Kier molecular flexibility index (Phi) is 6.20. The minimum absolute atomic E-state index is 0.0137. The Balaban J connectivity index is 1.33. The molecule has 0 amide bonds. The number of nitrogens with two attached hydrogens (primary N) is 1. The molecule has 3 N–H and O–H groups in total. The number of sulfonamides is 1. The van der Waals surface area contributed by atoms with Gasteiger partial charge in [-0.25, -0.2) is 21.9 Å². The van der Waals surface area contributed by atoms with E-state index < -0.39 is 39.1 Å². The molecule has 2 aliphatic heterocycles. The summed E-state index contributed by atoms with van der Waals surface area (Å²) in [6.45, 7) is 5.59. The standard InChI is InChI=1S/C21H31F2N3O3S/c1-12(2)30(27,28)25-16-5-13-9-26(10-14(13)6-16)17-8-20(24)21(29-11-17)18-7-15(22)3-4-19(18)23/h3-4,7,12-14,16-17,20-21,25H,5-6,8-11,24H2,1-2H3/t13?,14?,16?,17-,20+,21-/m1/s1. The van der Waals surface area contributed by atoms with Crippen LogP contribution in [0.3, 0.4) is 0 Å². The zero-order valence-corrected chi connectivity index (χ0v) is 18.2. The van der Waals surface area contributed by atoms with Crippen molar-refractivity contribution in [1.29, 1.82) is 0 Å². The fourth-order valence-electron chi connectivity index (χ4n) is 5.25. The zero-order valence-electron chi connectivity index (χ0n) is 17.4. The lowest BCUT2D eigenvalue weighted by molar-refractivity contribution is -0.0485. The van der Waals surface area contributed by atoms with Gasteiger partial charge in [-0.1, -0.05) is 0 Å². The number of nitrogens with one attached hydrogen (secondary N) is 1. The fourth-order valence-corrected chi connectivity index (χ4v) is 6.18. The number of hydrogen-bond acceptors (Lipinski definition) is 5. The second-order valence-electron chi connectivity index (χ2n) is 9.33. The number of rotatable bonds is 5. The predicted molar refractivity (Wildman–Crippen MR) is 110 cm³/mol. The molecule has 168 valence electrons. The van der Waals surface area contributed by atoms with Crippen molar-refractivity contribution in [2.45, 2.75) is 62.6 Å². The molecule has 2 heterocycles. The lowest BCUT2D eigenvalue weighted by atomic mass is 9.93. The van der Waals surface area contributed by atoms with Gasteiger partial charge in [0.25, 0.3) is 0 Å². The van der Waals surface area contributed by atoms with Gasteiger partial charge in [-0.15, -0.1) is 0 Å². The molecule has 2 saturated heterocycles. The first-order chi connectivity index (χ1) is 14.1. The van der Waals surface area contributed by atoms with E-state index in [9.17, 15) is 17.2 Å². The molecular formula is C21H31F2N3O3S. The molecule has 0 radical (unpaired) electrons. The Bertz CT molecular complexity index is 868. The lowest BCUT2D eigenvalue weighted by Crippen LogP contribution is -2.49. The van der Waals surface area contributed by atoms with Crippen LogP contribution in [0.4, 0.5) is 8.78 Å². The average Bonchev–Trinajstić information content (AvgIpc) is 3.22.